The summed E-state index contributed by atoms with van der Waals surface area (Å²) < 4.78 is 10.6. The van der Waals surface area contributed by atoms with E-state index in [1.165, 1.54) is 12.3 Å². The van der Waals surface area contributed by atoms with E-state index < -0.39 is 22.5 Å². The van der Waals surface area contributed by atoms with Gasteiger partial charge in [0.05, 0.1) is 17.1 Å². The molecule has 31 heavy (non-hydrogen) atoms. The summed E-state index contributed by atoms with van der Waals surface area (Å²) in [5.74, 6) is -1.02. The average molecular weight is 422 g/mol. The number of nitrogens with zero attached hydrogens (tertiary/aromatic N) is 3. The molecule has 0 spiro atoms. The Balaban J connectivity index is 1.83. The molecule has 0 fully saturated rings. The van der Waals surface area contributed by atoms with Gasteiger partial charge in [0.25, 0.3) is 11.6 Å². The third-order valence-corrected chi connectivity index (χ3v) is 4.05. The van der Waals surface area contributed by atoms with Gasteiger partial charge in [-0.3, -0.25) is 19.9 Å². The highest BCUT2D eigenvalue weighted by molar-refractivity contribution is 6.06. The third-order valence-electron chi connectivity index (χ3n) is 4.05. The highest BCUT2D eigenvalue weighted by atomic mass is 16.6. The molecule has 0 aliphatic rings. The van der Waals surface area contributed by atoms with Gasteiger partial charge in [0.15, 0.2) is 11.6 Å². The summed E-state index contributed by atoms with van der Waals surface area (Å²) in [6.45, 7) is 1.92. The van der Waals surface area contributed by atoms with Crippen LogP contribution >= 0.6 is 0 Å². The number of hydrogen-bond acceptors (Lipinski definition) is 8. The molecule has 1 N–H and O–H groups in total. The lowest BCUT2D eigenvalue weighted by atomic mass is 10.1. The summed E-state index contributed by atoms with van der Waals surface area (Å²) in [4.78, 5) is 43.3. The minimum absolute atomic E-state index is 0.0924. The lowest BCUT2D eigenvalue weighted by molar-refractivity contribution is -0.384. The Labute approximate surface area is 177 Å². The number of esters is 1. The fraction of sp³-hybridized carbons (Fsp3) is 0.143. The largest absolute Gasteiger partial charge is 0.485 e. The number of hydrogen-bond donors (Lipinski definition) is 1. The van der Waals surface area contributed by atoms with E-state index in [1.807, 2.05) is 0 Å². The van der Waals surface area contributed by atoms with Crippen molar-refractivity contribution in [1.82, 2.24) is 9.97 Å². The number of benzene rings is 1. The van der Waals surface area contributed by atoms with Crippen molar-refractivity contribution < 1.29 is 24.0 Å². The topological polar surface area (TPSA) is 134 Å². The van der Waals surface area contributed by atoms with E-state index in [2.05, 4.69) is 15.3 Å². The predicted octanol–water partition coefficient (Wildman–Crippen LogP) is 3.39. The van der Waals surface area contributed by atoms with Crippen molar-refractivity contribution in [3.05, 3.63) is 87.9 Å². The smallest absolute Gasteiger partial charge is 0.338 e. The molecule has 3 rings (SSSR count). The van der Waals surface area contributed by atoms with Crippen LogP contribution in [0.2, 0.25) is 0 Å². The standard InChI is InChI=1S/C21H18N4O6/c1-2-30-21(27)16-10-15(11-17(12-16)25(28)29)20(26)24-19-18(4-3-7-23-19)31-13-14-5-8-22-9-6-14/h3-12H,2,13H2,1H3,(H,23,24,26). The molecule has 0 saturated carbocycles. The highest BCUT2D eigenvalue weighted by Gasteiger charge is 2.20. The minimum atomic E-state index is -0.764. The fourth-order valence-corrected chi connectivity index (χ4v) is 2.60. The molecule has 0 atom stereocenters. The van der Waals surface area contributed by atoms with Crippen LogP contribution in [0.25, 0.3) is 0 Å². The number of carbonyl (C=O) groups excluding carboxylic acids is 2. The van der Waals surface area contributed by atoms with Gasteiger partial charge in [-0.2, -0.15) is 0 Å². The van der Waals surface area contributed by atoms with E-state index in [1.54, 1.807) is 43.6 Å². The van der Waals surface area contributed by atoms with Gasteiger partial charge in [-0.15, -0.1) is 0 Å². The first-order valence-corrected chi connectivity index (χ1v) is 9.22. The highest BCUT2D eigenvalue weighted by Crippen LogP contribution is 2.24. The molecule has 0 radical (unpaired) electrons. The summed E-state index contributed by atoms with van der Waals surface area (Å²) in [6, 6.07) is 10.2. The first kappa shape index (κ1) is 21.4. The van der Waals surface area contributed by atoms with E-state index in [0.29, 0.717) is 5.75 Å². The zero-order valence-electron chi connectivity index (χ0n) is 16.5. The van der Waals surface area contributed by atoms with Crippen molar-refractivity contribution in [3.63, 3.8) is 0 Å². The fourth-order valence-electron chi connectivity index (χ4n) is 2.60. The molecular weight excluding hydrogens is 404 g/mol. The Morgan fingerprint density at radius 3 is 2.55 bits per heavy atom. The van der Waals surface area contributed by atoms with Crippen molar-refractivity contribution in [1.29, 1.82) is 0 Å². The SMILES string of the molecule is CCOC(=O)c1cc(C(=O)Nc2ncccc2OCc2ccncc2)cc([N+](=O)[O-])c1. The molecule has 2 heterocycles. The Morgan fingerprint density at radius 2 is 1.84 bits per heavy atom. The van der Waals surface area contributed by atoms with Gasteiger partial charge in [0, 0.05) is 36.3 Å². The van der Waals surface area contributed by atoms with Gasteiger partial charge in [-0.05, 0) is 42.8 Å². The van der Waals surface area contributed by atoms with Crippen LogP contribution in [-0.2, 0) is 11.3 Å². The number of nitro benzene ring substituents is 1. The molecule has 10 heteroatoms. The molecule has 158 valence electrons. The second-order valence-electron chi connectivity index (χ2n) is 6.19. The average Bonchev–Trinajstić information content (AvgIpc) is 2.79. The number of amides is 1. The van der Waals surface area contributed by atoms with Crippen LogP contribution in [-0.4, -0.2) is 33.4 Å². The number of pyridine rings is 2. The maximum atomic E-state index is 12.8. The number of nitrogens with one attached hydrogen (secondary N) is 1. The van der Waals surface area contributed by atoms with Crippen molar-refractivity contribution >= 4 is 23.4 Å². The Kier molecular flexibility index (Phi) is 6.84. The number of non-ortho nitro benzene ring substituents is 1. The maximum absolute atomic E-state index is 12.8. The summed E-state index contributed by atoms with van der Waals surface area (Å²) in [5, 5.41) is 13.8. The van der Waals surface area contributed by atoms with Crippen molar-refractivity contribution in [2.75, 3.05) is 11.9 Å². The van der Waals surface area contributed by atoms with Crippen LogP contribution in [0.1, 0.15) is 33.2 Å². The molecule has 0 unspecified atom stereocenters. The summed E-state index contributed by atoms with van der Waals surface area (Å²) in [5.41, 5.74) is 0.263. The van der Waals surface area contributed by atoms with E-state index in [-0.39, 0.29) is 30.2 Å². The van der Waals surface area contributed by atoms with Crippen molar-refractivity contribution in [2.24, 2.45) is 0 Å². The van der Waals surface area contributed by atoms with Crippen LogP contribution in [0.15, 0.2) is 61.1 Å². The van der Waals surface area contributed by atoms with Gasteiger partial charge >= 0.3 is 5.97 Å². The van der Waals surface area contributed by atoms with Crippen molar-refractivity contribution in [3.8, 4) is 5.75 Å². The summed E-state index contributed by atoms with van der Waals surface area (Å²) in [7, 11) is 0. The van der Waals surface area contributed by atoms with Gasteiger partial charge in [0.2, 0.25) is 0 Å². The molecule has 0 aliphatic heterocycles. The van der Waals surface area contributed by atoms with Gasteiger partial charge in [-0.1, -0.05) is 0 Å². The second-order valence-corrected chi connectivity index (χ2v) is 6.19. The Hall–Kier alpha value is -4.34. The van der Waals surface area contributed by atoms with E-state index in [4.69, 9.17) is 9.47 Å². The number of anilines is 1. The quantitative estimate of drug-likeness (QED) is 0.332. The molecule has 1 amide bonds. The van der Waals surface area contributed by atoms with E-state index in [9.17, 15) is 19.7 Å². The van der Waals surface area contributed by atoms with Crippen LogP contribution in [0.5, 0.6) is 5.75 Å². The van der Waals surface area contributed by atoms with E-state index >= 15 is 0 Å². The number of aromatic nitrogens is 2. The first-order valence-electron chi connectivity index (χ1n) is 9.22. The molecule has 0 aliphatic carbocycles. The minimum Gasteiger partial charge on any atom is -0.485 e. The van der Waals surface area contributed by atoms with Crippen LogP contribution in [0, 0.1) is 10.1 Å². The zero-order chi connectivity index (χ0) is 22.2. The normalized spacial score (nSPS) is 10.2. The van der Waals surface area contributed by atoms with Crippen LogP contribution in [0.3, 0.4) is 0 Å². The molecule has 0 saturated heterocycles. The lowest BCUT2D eigenvalue weighted by Crippen LogP contribution is -2.16. The Bertz CT molecular complexity index is 1100. The molecule has 0 bridgehead atoms. The van der Waals surface area contributed by atoms with Gasteiger partial charge in [0.1, 0.15) is 6.61 Å². The number of nitro groups is 1. The molecule has 2 aromatic heterocycles. The second kappa shape index (κ2) is 9.92. The van der Waals surface area contributed by atoms with E-state index in [0.717, 1.165) is 17.7 Å². The maximum Gasteiger partial charge on any atom is 0.338 e. The first-order chi connectivity index (χ1) is 15.0. The van der Waals surface area contributed by atoms with Gasteiger partial charge in [-0.25, -0.2) is 9.78 Å². The lowest BCUT2D eigenvalue weighted by Gasteiger charge is -2.12. The monoisotopic (exact) mass is 422 g/mol. The number of carbonyl (C=O) groups is 2. The number of rotatable bonds is 8. The zero-order valence-corrected chi connectivity index (χ0v) is 16.5. The molecular formula is C21H18N4O6. The van der Waals surface area contributed by atoms with Gasteiger partial charge < -0.3 is 14.8 Å². The van der Waals surface area contributed by atoms with Crippen molar-refractivity contribution in [2.45, 2.75) is 13.5 Å². The predicted molar refractivity (Wildman–Crippen MR) is 110 cm³/mol. The van der Waals surface area contributed by atoms with Crippen LogP contribution < -0.4 is 10.1 Å². The molecule has 3 aromatic rings. The summed E-state index contributed by atoms with van der Waals surface area (Å²) in [6.07, 6.45) is 4.73. The molecule has 10 nitrogen and oxygen atoms in total. The Morgan fingerprint density at radius 1 is 1.10 bits per heavy atom. The number of ether oxygens (including phenoxy) is 2. The molecule has 1 aromatic carbocycles. The summed E-state index contributed by atoms with van der Waals surface area (Å²) >= 11 is 0. The van der Waals surface area contributed by atoms with Crippen LogP contribution in [0.4, 0.5) is 11.5 Å². The third kappa shape index (κ3) is 5.60.